The first kappa shape index (κ1) is 16.8. The Balaban J connectivity index is 2.37. The van der Waals surface area contributed by atoms with Gasteiger partial charge in [-0.15, -0.1) is 0 Å². The van der Waals surface area contributed by atoms with E-state index in [1.807, 2.05) is 52.0 Å². The number of ether oxygens (including phenoxy) is 1. The van der Waals surface area contributed by atoms with Crippen molar-refractivity contribution in [3.05, 3.63) is 24.3 Å². The zero-order valence-corrected chi connectivity index (χ0v) is 12.9. The molecule has 0 saturated carbocycles. The molecule has 0 spiro atoms. The molecule has 0 aliphatic carbocycles. The number of hydrogen-bond acceptors (Lipinski definition) is 4. The summed E-state index contributed by atoms with van der Waals surface area (Å²) in [6.45, 7) is 8.07. The maximum atomic E-state index is 11.6. The van der Waals surface area contributed by atoms with E-state index in [4.69, 9.17) is 4.74 Å². The fraction of sp³-hybridized carbons (Fsp3) is 0.467. The SMILES string of the molecule is CCOc1ccc(NCC(=O)NC(=O)NC(C)(C)C)cc1. The number of carbonyl (C=O) groups is 2. The van der Waals surface area contributed by atoms with Crippen LogP contribution in [0, 0.1) is 0 Å². The highest BCUT2D eigenvalue weighted by molar-refractivity contribution is 5.96. The Labute approximate surface area is 125 Å². The molecule has 0 unspecified atom stereocenters. The van der Waals surface area contributed by atoms with Crippen LogP contribution in [0.4, 0.5) is 10.5 Å². The normalized spacial score (nSPS) is 10.7. The lowest BCUT2D eigenvalue weighted by molar-refractivity contribution is -0.118. The minimum atomic E-state index is -0.499. The highest BCUT2D eigenvalue weighted by Gasteiger charge is 2.15. The second-order valence-electron chi connectivity index (χ2n) is 5.56. The lowest BCUT2D eigenvalue weighted by atomic mass is 10.1. The third kappa shape index (κ3) is 7.20. The molecular formula is C15H23N3O3. The fourth-order valence-corrected chi connectivity index (χ4v) is 1.56. The van der Waals surface area contributed by atoms with Gasteiger partial charge in [0, 0.05) is 11.2 Å². The van der Waals surface area contributed by atoms with Gasteiger partial charge in [-0.05, 0) is 52.0 Å². The van der Waals surface area contributed by atoms with Crippen LogP contribution >= 0.6 is 0 Å². The molecule has 1 aromatic carbocycles. The summed E-state index contributed by atoms with van der Waals surface area (Å²) in [4.78, 5) is 23.1. The molecule has 6 heteroatoms. The molecule has 0 saturated heterocycles. The summed E-state index contributed by atoms with van der Waals surface area (Å²) < 4.78 is 5.33. The van der Waals surface area contributed by atoms with Crippen LogP contribution in [-0.4, -0.2) is 30.6 Å². The highest BCUT2D eigenvalue weighted by atomic mass is 16.5. The minimum Gasteiger partial charge on any atom is -0.494 e. The first-order valence-corrected chi connectivity index (χ1v) is 6.89. The van der Waals surface area contributed by atoms with Crippen LogP contribution in [0.1, 0.15) is 27.7 Å². The summed E-state index contributed by atoms with van der Waals surface area (Å²) in [6, 6.07) is 6.76. The summed E-state index contributed by atoms with van der Waals surface area (Å²) in [5.74, 6) is 0.377. The second-order valence-corrected chi connectivity index (χ2v) is 5.56. The van der Waals surface area contributed by atoms with Gasteiger partial charge >= 0.3 is 6.03 Å². The van der Waals surface area contributed by atoms with E-state index in [-0.39, 0.29) is 12.1 Å². The van der Waals surface area contributed by atoms with E-state index in [2.05, 4.69) is 16.0 Å². The van der Waals surface area contributed by atoms with Crippen molar-refractivity contribution in [3.8, 4) is 5.75 Å². The van der Waals surface area contributed by atoms with Crippen molar-refractivity contribution in [3.63, 3.8) is 0 Å². The van der Waals surface area contributed by atoms with Gasteiger partial charge in [-0.25, -0.2) is 4.79 Å². The second kappa shape index (κ2) is 7.52. The fourth-order valence-electron chi connectivity index (χ4n) is 1.56. The molecule has 6 nitrogen and oxygen atoms in total. The smallest absolute Gasteiger partial charge is 0.321 e. The Morgan fingerprint density at radius 2 is 1.76 bits per heavy atom. The Morgan fingerprint density at radius 3 is 2.29 bits per heavy atom. The Morgan fingerprint density at radius 1 is 1.14 bits per heavy atom. The predicted molar refractivity (Wildman–Crippen MR) is 82.5 cm³/mol. The molecule has 116 valence electrons. The molecule has 0 aromatic heterocycles. The predicted octanol–water partition coefficient (Wildman–Crippen LogP) is 2.12. The van der Waals surface area contributed by atoms with Crippen LogP contribution in [0.2, 0.25) is 0 Å². The number of anilines is 1. The Bertz CT molecular complexity index is 478. The quantitative estimate of drug-likeness (QED) is 0.777. The van der Waals surface area contributed by atoms with Crippen molar-refractivity contribution in [2.75, 3.05) is 18.5 Å². The molecule has 3 amide bonds. The van der Waals surface area contributed by atoms with Gasteiger partial charge in [0.15, 0.2) is 0 Å². The van der Waals surface area contributed by atoms with Gasteiger partial charge in [-0.1, -0.05) is 0 Å². The zero-order valence-electron chi connectivity index (χ0n) is 12.9. The first-order valence-electron chi connectivity index (χ1n) is 6.89. The average Bonchev–Trinajstić information content (AvgIpc) is 2.36. The van der Waals surface area contributed by atoms with E-state index >= 15 is 0 Å². The summed E-state index contributed by atoms with van der Waals surface area (Å²) in [7, 11) is 0. The third-order valence-corrected chi connectivity index (χ3v) is 2.36. The van der Waals surface area contributed by atoms with Crippen LogP contribution in [0.3, 0.4) is 0 Å². The number of amides is 3. The zero-order chi connectivity index (χ0) is 15.9. The molecule has 0 bridgehead atoms. The van der Waals surface area contributed by atoms with Crippen LogP contribution in [0.5, 0.6) is 5.75 Å². The lowest BCUT2D eigenvalue weighted by Crippen LogP contribution is -2.49. The largest absolute Gasteiger partial charge is 0.494 e. The lowest BCUT2D eigenvalue weighted by Gasteiger charge is -2.20. The number of urea groups is 1. The Kier molecular flexibility index (Phi) is 6.02. The molecule has 1 rings (SSSR count). The van der Waals surface area contributed by atoms with E-state index in [1.165, 1.54) is 0 Å². The van der Waals surface area contributed by atoms with Crippen molar-refractivity contribution < 1.29 is 14.3 Å². The van der Waals surface area contributed by atoms with E-state index in [0.29, 0.717) is 6.61 Å². The molecule has 0 heterocycles. The number of imide groups is 1. The molecule has 0 aliphatic heterocycles. The van der Waals surface area contributed by atoms with Gasteiger partial charge in [0.05, 0.1) is 13.2 Å². The standard InChI is InChI=1S/C15H23N3O3/c1-5-21-12-8-6-11(7-9-12)16-10-13(19)17-14(20)18-15(2,3)4/h6-9,16H,5,10H2,1-4H3,(H2,17,18,19,20). The monoisotopic (exact) mass is 293 g/mol. The molecule has 0 atom stereocenters. The number of carbonyl (C=O) groups excluding carboxylic acids is 2. The third-order valence-electron chi connectivity index (χ3n) is 2.36. The number of nitrogens with one attached hydrogen (secondary N) is 3. The van der Waals surface area contributed by atoms with Gasteiger partial charge in [0.25, 0.3) is 0 Å². The molecule has 1 aromatic rings. The highest BCUT2D eigenvalue weighted by Crippen LogP contribution is 2.15. The number of benzene rings is 1. The van der Waals surface area contributed by atoms with E-state index in [1.54, 1.807) is 0 Å². The number of rotatable bonds is 5. The van der Waals surface area contributed by atoms with Crippen molar-refractivity contribution in [2.24, 2.45) is 0 Å². The first-order chi connectivity index (χ1) is 9.80. The molecule has 0 aliphatic rings. The molecular weight excluding hydrogens is 270 g/mol. The van der Waals surface area contributed by atoms with Crippen LogP contribution in [0.15, 0.2) is 24.3 Å². The van der Waals surface area contributed by atoms with Crippen molar-refractivity contribution in [1.29, 1.82) is 0 Å². The van der Waals surface area contributed by atoms with Crippen LogP contribution in [0.25, 0.3) is 0 Å². The van der Waals surface area contributed by atoms with E-state index in [9.17, 15) is 9.59 Å². The molecule has 21 heavy (non-hydrogen) atoms. The van der Waals surface area contributed by atoms with Gasteiger partial charge in [0.1, 0.15) is 5.75 Å². The molecule has 3 N–H and O–H groups in total. The van der Waals surface area contributed by atoms with E-state index in [0.717, 1.165) is 11.4 Å². The Hall–Kier alpha value is -2.24. The van der Waals surface area contributed by atoms with Crippen molar-refractivity contribution in [1.82, 2.24) is 10.6 Å². The van der Waals surface area contributed by atoms with Gasteiger partial charge < -0.3 is 15.4 Å². The van der Waals surface area contributed by atoms with Gasteiger partial charge in [0.2, 0.25) is 5.91 Å². The number of hydrogen-bond donors (Lipinski definition) is 3. The molecule has 0 radical (unpaired) electrons. The van der Waals surface area contributed by atoms with Gasteiger partial charge in [-0.2, -0.15) is 0 Å². The molecule has 0 fully saturated rings. The summed E-state index contributed by atoms with van der Waals surface area (Å²) in [6.07, 6.45) is 0. The summed E-state index contributed by atoms with van der Waals surface area (Å²) >= 11 is 0. The van der Waals surface area contributed by atoms with Crippen molar-refractivity contribution >= 4 is 17.6 Å². The summed E-state index contributed by atoms with van der Waals surface area (Å²) in [5.41, 5.74) is 0.400. The maximum absolute atomic E-state index is 11.6. The van der Waals surface area contributed by atoms with Gasteiger partial charge in [-0.3, -0.25) is 10.1 Å². The van der Waals surface area contributed by atoms with Crippen LogP contribution in [-0.2, 0) is 4.79 Å². The van der Waals surface area contributed by atoms with E-state index < -0.39 is 11.9 Å². The minimum absolute atomic E-state index is 0.0194. The maximum Gasteiger partial charge on any atom is 0.321 e. The van der Waals surface area contributed by atoms with Crippen molar-refractivity contribution in [2.45, 2.75) is 33.2 Å². The average molecular weight is 293 g/mol. The van der Waals surface area contributed by atoms with Crippen LogP contribution < -0.4 is 20.7 Å². The topological polar surface area (TPSA) is 79.5 Å². The summed E-state index contributed by atoms with van der Waals surface area (Å²) in [5, 5.41) is 7.85.